The molecule has 0 radical (unpaired) electrons. The fourth-order valence-electron chi connectivity index (χ4n) is 3.03. The van der Waals surface area contributed by atoms with Crippen LogP contribution in [0.5, 0.6) is 5.75 Å². The molecule has 1 aromatic carbocycles. The SMILES string of the molecule is COc1ccc([C@H](NC(=O)CCN2CCOCC2)c2ccncc2)cc1. The molecule has 1 N–H and O–H groups in total. The van der Waals surface area contributed by atoms with Gasteiger partial charge in [0, 0.05) is 38.4 Å². The zero-order valence-corrected chi connectivity index (χ0v) is 15.1. The highest BCUT2D eigenvalue weighted by Crippen LogP contribution is 2.24. The molecular formula is C20H25N3O3. The van der Waals surface area contributed by atoms with Crippen molar-refractivity contribution in [2.24, 2.45) is 0 Å². The van der Waals surface area contributed by atoms with Crippen molar-refractivity contribution in [3.05, 3.63) is 59.9 Å². The number of hydrogen-bond donors (Lipinski definition) is 1. The molecule has 1 atom stereocenters. The summed E-state index contributed by atoms with van der Waals surface area (Å²) < 4.78 is 10.6. The average Bonchev–Trinajstić information content (AvgIpc) is 2.72. The van der Waals surface area contributed by atoms with E-state index in [2.05, 4.69) is 15.2 Å². The zero-order chi connectivity index (χ0) is 18.2. The van der Waals surface area contributed by atoms with Crippen LogP contribution in [0.2, 0.25) is 0 Å². The summed E-state index contributed by atoms with van der Waals surface area (Å²) in [6.07, 6.45) is 3.95. The molecule has 0 bridgehead atoms. The van der Waals surface area contributed by atoms with Crippen molar-refractivity contribution in [3.63, 3.8) is 0 Å². The van der Waals surface area contributed by atoms with E-state index in [9.17, 15) is 4.79 Å². The Kier molecular flexibility index (Phi) is 6.57. The van der Waals surface area contributed by atoms with Crippen molar-refractivity contribution in [2.75, 3.05) is 40.0 Å². The summed E-state index contributed by atoms with van der Waals surface area (Å²) in [5.41, 5.74) is 2.02. The highest BCUT2D eigenvalue weighted by molar-refractivity contribution is 5.77. The monoisotopic (exact) mass is 355 g/mol. The molecule has 1 aromatic heterocycles. The molecule has 6 heteroatoms. The number of carbonyl (C=O) groups excluding carboxylic acids is 1. The molecule has 1 aliphatic heterocycles. The second kappa shape index (κ2) is 9.31. The van der Waals surface area contributed by atoms with Gasteiger partial charge in [-0.2, -0.15) is 0 Å². The maximum absolute atomic E-state index is 12.6. The summed E-state index contributed by atoms with van der Waals surface area (Å²) in [4.78, 5) is 18.9. The number of rotatable bonds is 7. The third-order valence-electron chi connectivity index (χ3n) is 4.55. The van der Waals surface area contributed by atoms with Crippen LogP contribution in [0, 0.1) is 0 Å². The number of morpholine rings is 1. The molecule has 2 heterocycles. The largest absolute Gasteiger partial charge is 0.497 e. The molecule has 1 saturated heterocycles. The summed E-state index contributed by atoms with van der Waals surface area (Å²) >= 11 is 0. The van der Waals surface area contributed by atoms with Gasteiger partial charge in [0.1, 0.15) is 5.75 Å². The van der Waals surface area contributed by atoms with Gasteiger partial charge < -0.3 is 14.8 Å². The smallest absolute Gasteiger partial charge is 0.222 e. The number of benzene rings is 1. The van der Waals surface area contributed by atoms with Crippen LogP contribution in [-0.4, -0.2) is 55.7 Å². The summed E-state index contributed by atoms with van der Waals surface area (Å²) in [6, 6.07) is 11.4. The summed E-state index contributed by atoms with van der Waals surface area (Å²) in [5, 5.41) is 3.16. The molecule has 26 heavy (non-hydrogen) atoms. The Morgan fingerprint density at radius 2 is 1.81 bits per heavy atom. The Morgan fingerprint density at radius 1 is 1.15 bits per heavy atom. The minimum atomic E-state index is -0.207. The molecule has 0 saturated carbocycles. The number of hydrogen-bond acceptors (Lipinski definition) is 5. The molecule has 0 unspecified atom stereocenters. The molecule has 138 valence electrons. The van der Waals surface area contributed by atoms with Crippen molar-refractivity contribution < 1.29 is 14.3 Å². The predicted molar refractivity (Wildman–Crippen MR) is 99.1 cm³/mol. The number of ether oxygens (including phenoxy) is 2. The van der Waals surface area contributed by atoms with Gasteiger partial charge in [-0.3, -0.25) is 14.7 Å². The van der Waals surface area contributed by atoms with Crippen LogP contribution in [0.3, 0.4) is 0 Å². The van der Waals surface area contributed by atoms with Gasteiger partial charge in [0.2, 0.25) is 5.91 Å². The molecule has 1 amide bonds. The molecular weight excluding hydrogens is 330 g/mol. The van der Waals surface area contributed by atoms with Crippen molar-refractivity contribution >= 4 is 5.91 Å². The van der Waals surface area contributed by atoms with E-state index in [1.165, 1.54) is 0 Å². The first-order valence-corrected chi connectivity index (χ1v) is 8.89. The van der Waals surface area contributed by atoms with E-state index in [-0.39, 0.29) is 11.9 Å². The minimum absolute atomic E-state index is 0.0362. The topological polar surface area (TPSA) is 63.7 Å². The Labute approximate surface area is 154 Å². The van der Waals surface area contributed by atoms with Crippen molar-refractivity contribution in [1.82, 2.24) is 15.2 Å². The van der Waals surface area contributed by atoms with Gasteiger partial charge in [-0.05, 0) is 35.4 Å². The van der Waals surface area contributed by atoms with E-state index >= 15 is 0 Å². The highest BCUT2D eigenvalue weighted by Gasteiger charge is 2.18. The lowest BCUT2D eigenvalue weighted by molar-refractivity contribution is -0.122. The minimum Gasteiger partial charge on any atom is -0.497 e. The number of aromatic nitrogens is 1. The molecule has 1 fully saturated rings. The van der Waals surface area contributed by atoms with E-state index in [1.54, 1.807) is 19.5 Å². The van der Waals surface area contributed by atoms with Crippen LogP contribution in [0.25, 0.3) is 0 Å². The van der Waals surface area contributed by atoms with Gasteiger partial charge in [-0.1, -0.05) is 12.1 Å². The first-order valence-electron chi connectivity index (χ1n) is 8.89. The second-order valence-electron chi connectivity index (χ2n) is 6.26. The Bertz CT molecular complexity index is 685. The Balaban J connectivity index is 1.67. The molecule has 0 spiro atoms. The fourth-order valence-corrected chi connectivity index (χ4v) is 3.03. The maximum atomic E-state index is 12.6. The number of pyridine rings is 1. The van der Waals surface area contributed by atoms with Crippen LogP contribution in [0.4, 0.5) is 0 Å². The third-order valence-corrected chi connectivity index (χ3v) is 4.55. The van der Waals surface area contributed by atoms with Crippen LogP contribution in [-0.2, 0) is 9.53 Å². The summed E-state index contributed by atoms with van der Waals surface area (Å²) in [6.45, 7) is 4.01. The summed E-state index contributed by atoms with van der Waals surface area (Å²) in [7, 11) is 1.64. The molecule has 3 rings (SSSR count). The fraction of sp³-hybridized carbons (Fsp3) is 0.400. The van der Waals surface area contributed by atoms with Gasteiger partial charge >= 0.3 is 0 Å². The van der Waals surface area contributed by atoms with Gasteiger partial charge in [0.25, 0.3) is 0 Å². The highest BCUT2D eigenvalue weighted by atomic mass is 16.5. The van der Waals surface area contributed by atoms with E-state index in [0.29, 0.717) is 6.42 Å². The Hall–Kier alpha value is -2.44. The van der Waals surface area contributed by atoms with Crippen LogP contribution in [0.15, 0.2) is 48.8 Å². The van der Waals surface area contributed by atoms with Gasteiger partial charge in [-0.15, -0.1) is 0 Å². The first-order chi connectivity index (χ1) is 12.8. The van der Waals surface area contributed by atoms with Crippen molar-refractivity contribution in [1.29, 1.82) is 0 Å². The van der Waals surface area contributed by atoms with Crippen molar-refractivity contribution in [2.45, 2.75) is 12.5 Å². The average molecular weight is 355 g/mol. The quantitative estimate of drug-likeness (QED) is 0.823. The summed E-state index contributed by atoms with van der Waals surface area (Å²) in [5.74, 6) is 0.829. The maximum Gasteiger partial charge on any atom is 0.222 e. The molecule has 2 aromatic rings. The van der Waals surface area contributed by atoms with E-state index in [1.807, 2.05) is 36.4 Å². The number of amides is 1. The van der Waals surface area contributed by atoms with E-state index in [0.717, 1.165) is 49.7 Å². The molecule has 1 aliphatic rings. The van der Waals surface area contributed by atoms with Gasteiger partial charge in [0.05, 0.1) is 26.4 Å². The van der Waals surface area contributed by atoms with Crippen LogP contribution >= 0.6 is 0 Å². The van der Waals surface area contributed by atoms with E-state index < -0.39 is 0 Å². The van der Waals surface area contributed by atoms with Gasteiger partial charge in [-0.25, -0.2) is 0 Å². The lowest BCUT2D eigenvalue weighted by Gasteiger charge is -2.26. The second-order valence-corrected chi connectivity index (χ2v) is 6.26. The Morgan fingerprint density at radius 3 is 2.46 bits per heavy atom. The number of nitrogens with zero attached hydrogens (tertiary/aromatic N) is 2. The van der Waals surface area contributed by atoms with Crippen LogP contribution in [0.1, 0.15) is 23.6 Å². The standard InChI is InChI=1S/C20H25N3O3/c1-25-18-4-2-16(3-5-18)20(17-6-9-21-10-7-17)22-19(24)8-11-23-12-14-26-15-13-23/h2-7,9-10,20H,8,11-15H2,1H3,(H,22,24)/t20-/m0/s1. The number of methoxy groups -OCH3 is 1. The lowest BCUT2D eigenvalue weighted by atomic mass is 9.99. The first kappa shape index (κ1) is 18.4. The molecule has 0 aliphatic carbocycles. The van der Waals surface area contributed by atoms with Crippen molar-refractivity contribution in [3.8, 4) is 5.75 Å². The van der Waals surface area contributed by atoms with Gasteiger partial charge in [0.15, 0.2) is 0 Å². The zero-order valence-electron chi connectivity index (χ0n) is 15.1. The number of nitrogens with one attached hydrogen (secondary N) is 1. The predicted octanol–water partition coefficient (Wildman–Crippen LogP) is 2.02. The van der Waals surface area contributed by atoms with Crippen LogP contribution < -0.4 is 10.1 Å². The normalized spacial score (nSPS) is 16.0. The third kappa shape index (κ3) is 5.03. The lowest BCUT2D eigenvalue weighted by Crippen LogP contribution is -2.39. The number of carbonyl (C=O) groups is 1. The molecule has 6 nitrogen and oxygen atoms in total. The van der Waals surface area contributed by atoms with E-state index in [4.69, 9.17) is 9.47 Å².